The van der Waals surface area contributed by atoms with E-state index < -0.39 is 5.97 Å². The van der Waals surface area contributed by atoms with Crippen LogP contribution < -0.4 is 5.32 Å². The quantitative estimate of drug-likeness (QED) is 0.504. The van der Waals surface area contributed by atoms with Gasteiger partial charge in [0.05, 0.1) is 35.0 Å². The normalized spacial score (nSPS) is 10.8. The molecule has 1 amide bonds. The Bertz CT molecular complexity index is 1260. The Balaban J connectivity index is 1.78. The SMILES string of the molecule is COC(=O)c1ccc(C)c(NC(=O)c2cc(-c3ccccc3)nc3onc(C)c23)c1. The molecule has 1 N–H and O–H groups in total. The minimum atomic E-state index is -0.474. The van der Waals surface area contributed by atoms with Crippen LogP contribution >= 0.6 is 0 Å². The number of ether oxygens (including phenoxy) is 1. The summed E-state index contributed by atoms with van der Waals surface area (Å²) in [6.45, 7) is 3.61. The van der Waals surface area contributed by atoms with Crippen molar-refractivity contribution in [1.82, 2.24) is 10.1 Å². The summed E-state index contributed by atoms with van der Waals surface area (Å²) in [5.41, 5.74) is 4.39. The predicted molar refractivity (Wildman–Crippen MR) is 112 cm³/mol. The molecule has 0 fully saturated rings. The van der Waals surface area contributed by atoms with E-state index in [1.807, 2.05) is 37.3 Å². The number of esters is 1. The lowest BCUT2D eigenvalue weighted by Crippen LogP contribution is -2.15. The number of anilines is 1. The lowest BCUT2D eigenvalue weighted by Gasteiger charge is -2.11. The molecule has 0 aliphatic rings. The lowest BCUT2D eigenvalue weighted by molar-refractivity contribution is 0.0600. The number of carbonyl (C=O) groups is 2. The van der Waals surface area contributed by atoms with E-state index in [9.17, 15) is 9.59 Å². The molecule has 4 rings (SSSR count). The molecule has 0 saturated carbocycles. The first kappa shape index (κ1) is 19.3. The second kappa shape index (κ2) is 7.79. The predicted octanol–water partition coefficient (Wildman–Crippen LogP) is 4.55. The van der Waals surface area contributed by atoms with Gasteiger partial charge in [0.15, 0.2) is 0 Å². The van der Waals surface area contributed by atoms with Crippen molar-refractivity contribution in [3.05, 3.63) is 77.0 Å². The van der Waals surface area contributed by atoms with Gasteiger partial charge in [0.2, 0.25) is 0 Å². The van der Waals surface area contributed by atoms with Gasteiger partial charge in [-0.15, -0.1) is 0 Å². The summed E-state index contributed by atoms with van der Waals surface area (Å²) in [6, 6.07) is 16.2. The summed E-state index contributed by atoms with van der Waals surface area (Å²) in [4.78, 5) is 29.6. The van der Waals surface area contributed by atoms with E-state index >= 15 is 0 Å². The number of hydrogen-bond acceptors (Lipinski definition) is 6. The molecule has 4 aromatic rings. The Hall–Kier alpha value is -4.00. The zero-order valence-corrected chi connectivity index (χ0v) is 16.7. The molecular formula is C23H19N3O4. The van der Waals surface area contributed by atoms with Crippen molar-refractivity contribution < 1.29 is 18.8 Å². The number of pyridine rings is 1. The average molecular weight is 401 g/mol. The second-order valence-corrected chi connectivity index (χ2v) is 6.84. The third-order valence-electron chi connectivity index (χ3n) is 4.84. The lowest BCUT2D eigenvalue weighted by atomic mass is 10.0. The number of carbonyl (C=O) groups excluding carboxylic acids is 2. The molecule has 0 unspecified atom stereocenters. The summed E-state index contributed by atoms with van der Waals surface area (Å²) in [7, 11) is 1.31. The molecule has 2 heterocycles. The summed E-state index contributed by atoms with van der Waals surface area (Å²) in [5, 5.41) is 7.41. The van der Waals surface area contributed by atoms with Crippen LogP contribution in [0.15, 0.2) is 59.1 Å². The van der Waals surface area contributed by atoms with Crippen LogP contribution in [0.1, 0.15) is 32.0 Å². The molecule has 2 aromatic heterocycles. The van der Waals surface area contributed by atoms with E-state index in [2.05, 4.69) is 15.5 Å². The van der Waals surface area contributed by atoms with Gasteiger partial charge in [-0.05, 0) is 37.6 Å². The number of fused-ring (bicyclic) bond motifs is 1. The van der Waals surface area contributed by atoms with Gasteiger partial charge in [0, 0.05) is 11.3 Å². The Morgan fingerprint density at radius 1 is 1.03 bits per heavy atom. The summed E-state index contributed by atoms with van der Waals surface area (Å²) < 4.78 is 10.1. The molecule has 0 radical (unpaired) electrons. The summed E-state index contributed by atoms with van der Waals surface area (Å²) in [6.07, 6.45) is 0. The number of nitrogens with zero attached hydrogens (tertiary/aromatic N) is 2. The monoisotopic (exact) mass is 401 g/mol. The highest BCUT2D eigenvalue weighted by Crippen LogP contribution is 2.28. The minimum absolute atomic E-state index is 0.291. The number of aryl methyl sites for hydroxylation is 2. The number of hydrogen-bond donors (Lipinski definition) is 1. The fraction of sp³-hybridized carbons (Fsp3) is 0.130. The summed E-state index contributed by atoms with van der Waals surface area (Å²) in [5.74, 6) is -0.825. The van der Waals surface area contributed by atoms with Gasteiger partial charge in [0.1, 0.15) is 0 Å². The minimum Gasteiger partial charge on any atom is -0.465 e. The molecule has 0 saturated heterocycles. The first-order valence-electron chi connectivity index (χ1n) is 9.30. The van der Waals surface area contributed by atoms with Gasteiger partial charge < -0.3 is 14.6 Å². The number of amides is 1. The molecule has 150 valence electrons. The van der Waals surface area contributed by atoms with Crippen LogP contribution in [0.3, 0.4) is 0 Å². The van der Waals surface area contributed by atoms with Crippen molar-refractivity contribution in [2.24, 2.45) is 0 Å². The fourth-order valence-electron chi connectivity index (χ4n) is 3.22. The van der Waals surface area contributed by atoms with E-state index in [-0.39, 0.29) is 5.91 Å². The van der Waals surface area contributed by atoms with Gasteiger partial charge in [-0.2, -0.15) is 0 Å². The van der Waals surface area contributed by atoms with Crippen LogP contribution in [0.2, 0.25) is 0 Å². The number of methoxy groups -OCH3 is 1. The second-order valence-electron chi connectivity index (χ2n) is 6.84. The molecule has 0 spiro atoms. The van der Waals surface area contributed by atoms with E-state index in [1.165, 1.54) is 7.11 Å². The Labute approximate surface area is 172 Å². The van der Waals surface area contributed by atoms with Crippen molar-refractivity contribution in [3.63, 3.8) is 0 Å². The van der Waals surface area contributed by atoms with Crippen molar-refractivity contribution in [2.45, 2.75) is 13.8 Å². The first-order chi connectivity index (χ1) is 14.5. The highest BCUT2D eigenvalue weighted by molar-refractivity contribution is 6.13. The van der Waals surface area contributed by atoms with Crippen LogP contribution in [-0.4, -0.2) is 29.1 Å². The van der Waals surface area contributed by atoms with Gasteiger partial charge in [0.25, 0.3) is 11.6 Å². The topological polar surface area (TPSA) is 94.3 Å². The number of aromatic nitrogens is 2. The van der Waals surface area contributed by atoms with Gasteiger partial charge >= 0.3 is 5.97 Å². The van der Waals surface area contributed by atoms with Crippen LogP contribution in [0, 0.1) is 13.8 Å². The molecule has 0 bridgehead atoms. The van der Waals surface area contributed by atoms with Crippen molar-refractivity contribution >= 4 is 28.7 Å². The maximum Gasteiger partial charge on any atom is 0.337 e. The van der Waals surface area contributed by atoms with Crippen LogP contribution in [0.4, 0.5) is 5.69 Å². The molecule has 0 aliphatic carbocycles. The van der Waals surface area contributed by atoms with Crippen LogP contribution in [0.25, 0.3) is 22.4 Å². The molecule has 7 heteroatoms. The van der Waals surface area contributed by atoms with Crippen LogP contribution in [-0.2, 0) is 4.74 Å². The zero-order valence-electron chi connectivity index (χ0n) is 16.7. The molecule has 7 nitrogen and oxygen atoms in total. The number of rotatable bonds is 4. The van der Waals surface area contributed by atoms with Crippen molar-refractivity contribution in [1.29, 1.82) is 0 Å². The average Bonchev–Trinajstić information content (AvgIpc) is 3.15. The molecular weight excluding hydrogens is 382 g/mol. The van der Waals surface area contributed by atoms with E-state index in [4.69, 9.17) is 9.26 Å². The Morgan fingerprint density at radius 3 is 2.53 bits per heavy atom. The largest absolute Gasteiger partial charge is 0.465 e. The van der Waals surface area contributed by atoms with Crippen molar-refractivity contribution in [2.75, 3.05) is 12.4 Å². The molecule has 30 heavy (non-hydrogen) atoms. The highest BCUT2D eigenvalue weighted by atomic mass is 16.5. The highest BCUT2D eigenvalue weighted by Gasteiger charge is 2.20. The van der Waals surface area contributed by atoms with Gasteiger partial charge in [-0.1, -0.05) is 41.6 Å². The summed E-state index contributed by atoms with van der Waals surface area (Å²) >= 11 is 0. The Kier molecular flexibility index (Phi) is 5.02. The van der Waals surface area contributed by atoms with E-state index in [1.54, 1.807) is 31.2 Å². The third-order valence-corrected chi connectivity index (χ3v) is 4.84. The number of nitrogens with one attached hydrogen (secondary N) is 1. The molecule has 2 aromatic carbocycles. The van der Waals surface area contributed by atoms with Crippen LogP contribution in [0.5, 0.6) is 0 Å². The maximum absolute atomic E-state index is 13.2. The van der Waals surface area contributed by atoms with Gasteiger partial charge in [-0.3, -0.25) is 4.79 Å². The third kappa shape index (κ3) is 3.53. The first-order valence-corrected chi connectivity index (χ1v) is 9.30. The number of benzene rings is 2. The maximum atomic E-state index is 13.2. The van der Waals surface area contributed by atoms with E-state index in [0.29, 0.717) is 39.3 Å². The smallest absolute Gasteiger partial charge is 0.337 e. The fourth-order valence-corrected chi connectivity index (χ4v) is 3.22. The van der Waals surface area contributed by atoms with Gasteiger partial charge in [-0.25, -0.2) is 9.78 Å². The molecule has 0 aliphatic heterocycles. The zero-order chi connectivity index (χ0) is 21.3. The van der Waals surface area contributed by atoms with Crippen molar-refractivity contribution in [3.8, 4) is 11.3 Å². The standard InChI is InChI=1S/C23H19N3O4/c1-13-9-10-16(23(28)29-3)11-18(13)24-21(27)17-12-19(15-7-5-4-6-8-15)25-22-20(17)14(2)26-30-22/h4-12H,1-3H3,(H,24,27). The molecule has 0 atom stereocenters. The Morgan fingerprint density at radius 2 is 1.80 bits per heavy atom. The van der Waals surface area contributed by atoms with E-state index in [0.717, 1.165) is 11.1 Å².